The summed E-state index contributed by atoms with van der Waals surface area (Å²) in [6, 6.07) is 2.10. The first-order valence-corrected chi connectivity index (χ1v) is 6.25. The summed E-state index contributed by atoms with van der Waals surface area (Å²) in [4.78, 5) is 4.23. The highest BCUT2D eigenvalue weighted by Gasteiger charge is 2.21. The fourth-order valence-corrected chi connectivity index (χ4v) is 2.86. The summed E-state index contributed by atoms with van der Waals surface area (Å²) in [5, 5.41) is 0.358. The molecule has 1 aliphatic carbocycles. The fraction of sp³-hybridized carbons (Fsp3) is 0.615. The van der Waals surface area contributed by atoms with Crippen molar-refractivity contribution >= 4 is 11.6 Å². The maximum Gasteiger partial charge on any atom is 0.0341 e. The number of hydrogen-bond donors (Lipinski definition) is 0. The first-order valence-electron chi connectivity index (χ1n) is 5.82. The van der Waals surface area contributed by atoms with Gasteiger partial charge in [-0.05, 0) is 49.3 Å². The molecule has 0 aromatic carbocycles. The molecule has 15 heavy (non-hydrogen) atoms. The number of aryl methyl sites for hydroxylation is 1. The van der Waals surface area contributed by atoms with E-state index in [1.54, 1.807) is 0 Å². The third-order valence-corrected chi connectivity index (χ3v) is 3.78. The van der Waals surface area contributed by atoms with Gasteiger partial charge >= 0.3 is 0 Å². The molecule has 0 saturated heterocycles. The molecule has 1 nitrogen and oxygen atoms in total. The molecule has 1 fully saturated rings. The molecule has 0 aliphatic heterocycles. The Kier molecular flexibility index (Phi) is 3.63. The normalized spacial score (nSPS) is 27.3. The monoisotopic (exact) mass is 223 g/mol. The van der Waals surface area contributed by atoms with Crippen LogP contribution in [0.1, 0.15) is 49.1 Å². The lowest BCUT2D eigenvalue weighted by Crippen LogP contribution is -2.06. The average molecular weight is 224 g/mol. The van der Waals surface area contributed by atoms with Crippen LogP contribution in [-0.2, 0) is 0 Å². The van der Waals surface area contributed by atoms with E-state index in [1.165, 1.54) is 36.8 Å². The largest absolute Gasteiger partial charge is 0.264 e. The maximum absolute atomic E-state index is 6.30. The van der Waals surface area contributed by atoms with Gasteiger partial charge in [0.25, 0.3) is 0 Å². The number of alkyl halides is 1. The van der Waals surface area contributed by atoms with Crippen LogP contribution in [0.3, 0.4) is 0 Å². The molecule has 0 amide bonds. The SMILES string of the molecule is Cc1ccncc1C1CCCCC(Cl)C1. The number of aromatic nitrogens is 1. The second-order valence-electron chi connectivity index (χ2n) is 4.55. The highest BCUT2D eigenvalue weighted by atomic mass is 35.5. The number of pyridine rings is 1. The quantitative estimate of drug-likeness (QED) is 0.517. The molecular weight excluding hydrogens is 206 g/mol. The van der Waals surface area contributed by atoms with Crippen LogP contribution >= 0.6 is 11.6 Å². The zero-order valence-corrected chi connectivity index (χ0v) is 10.0. The molecule has 2 atom stereocenters. The number of halogens is 1. The summed E-state index contributed by atoms with van der Waals surface area (Å²) in [7, 11) is 0. The van der Waals surface area contributed by atoms with E-state index in [2.05, 4.69) is 18.0 Å². The summed E-state index contributed by atoms with van der Waals surface area (Å²) in [6.45, 7) is 2.17. The first kappa shape index (κ1) is 10.9. The third-order valence-electron chi connectivity index (χ3n) is 3.38. The number of hydrogen-bond acceptors (Lipinski definition) is 1. The fourth-order valence-electron chi connectivity index (χ4n) is 2.49. The Morgan fingerprint density at radius 1 is 1.33 bits per heavy atom. The van der Waals surface area contributed by atoms with Gasteiger partial charge in [0.05, 0.1) is 0 Å². The maximum atomic E-state index is 6.30. The van der Waals surface area contributed by atoms with Crippen molar-refractivity contribution in [1.29, 1.82) is 0 Å². The van der Waals surface area contributed by atoms with Gasteiger partial charge in [0, 0.05) is 17.8 Å². The minimum absolute atomic E-state index is 0.358. The molecular formula is C13H18ClN. The Bertz CT molecular complexity index is 324. The van der Waals surface area contributed by atoms with Crippen LogP contribution in [-0.4, -0.2) is 10.4 Å². The van der Waals surface area contributed by atoms with E-state index in [4.69, 9.17) is 11.6 Å². The summed E-state index contributed by atoms with van der Waals surface area (Å²) in [5.74, 6) is 0.628. The molecule has 1 heterocycles. The van der Waals surface area contributed by atoms with E-state index in [0.717, 1.165) is 6.42 Å². The van der Waals surface area contributed by atoms with Crippen molar-refractivity contribution in [3.63, 3.8) is 0 Å². The Morgan fingerprint density at radius 2 is 2.13 bits per heavy atom. The third kappa shape index (κ3) is 2.72. The molecule has 1 aliphatic rings. The van der Waals surface area contributed by atoms with E-state index < -0.39 is 0 Å². The van der Waals surface area contributed by atoms with Crippen molar-refractivity contribution in [2.24, 2.45) is 0 Å². The Hall–Kier alpha value is -0.560. The highest BCUT2D eigenvalue weighted by Crippen LogP contribution is 2.34. The second kappa shape index (κ2) is 4.98. The van der Waals surface area contributed by atoms with E-state index in [1.807, 2.05) is 12.4 Å². The van der Waals surface area contributed by atoms with Gasteiger partial charge in [-0.1, -0.05) is 12.8 Å². The lowest BCUT2D eigenvalue weighted by atomic mass is 9.90. The first-order chi connectivity index (χ1) is 7.27. The van der Waals surface area contributed by atoms with Crippen LogP contribution in [0.4, 0.5) is 0 Å². The van der Waals surface area contributed by atoms with E-state index in [9.17, 15) is 0 Å². The lowest BCUT2D eigenvalue weighted by Gasteiger charge is -2.18. The Labute approximate surface area is 96.9 Å². The molecule has 2 rings (SSSR count). The van der Waals surface area contributed by atoms with Gasteiger partial charge in [0.2, 0.25) is 0 Å². The molecule has 1 aromatic heterocycles. The van der Waals surface area contributed by atoms with Crippen molar-refractivity contribution < 1.29 is 0 Å². The summed E-state index contributed by atoms with van der Waals surface area (Å²) in [5.41, 5.74) is 2.77. The number of nitrogens with zero attached hydrogens (tertiary/aromatic N) is 1. The molecule has 0 N–H and O–H groups in total. The van der Waals surface area contributed by atoms with Crippen LogP contribution in [0.5, 0.6) is 0 Å². The minimum Gasteiger partial charge on any atom is -0.264 e. The molecule has 0 spiro atoms. The Balaban J connectivity index is 2.18. The zero-order chi connectivity index (χ0) is 10.7. The van der Waals surface area contributed by atoms with Crippen LogP contribution < -0.4 is 0 Å². The van der Waals surface area contributed by atoms with Crippen LogP contribution in [0.15, 0.2) is 18.5 Å². The minimum atomic E-state index is 0.358. The predicted molar refractivity (Wildman–Crippen MR) is 64.4 cm³/mol. The zero-order valence-electron chi connectivity index (χ0n) is 9.25. The second-order valence-corrected chi connectivity index (χ2v) is 5.16. The van der Waals surface area contributed by atoms with Gasteiger partial charge in [-0.2, -0.15) is 0 Å². The molecule has 82 valence electrons. The molecule has 0 radical (unpaired) electrons. The standard InChI is InChI=1S/C13H18ClN/c1-10-6-7-15-9-13(10)11-4-2-3-5-12(14)8-11/h6-7,9,11-12H,2-5,8H2,1H3. The lowest BCUT2D eigenvalue weighted by molar-refractivity contribution is 0.590. The van der Waals surface area contributed by atoms with Crippen LogP contribution in [0.2, 0.25) is 0 Å². The summed E-state index contributed by atoms with van der Waals surface area (Å²) < 4.78 is 0. The van der Waals surface area contributed by atoms with Crippen LogP contribution in [0.25, 0.3) is 0 Å². The van der Waals surface area contributed by atoms with Gasteiger partial charge in [-0.3, -0.25) is 4.98 Å². The molecule has 0 bridgehead atoms. The van der Waals surface area contributed by atoms with Gasteiger partial charge in [-0.25, -0.2) is 0 Å². The Morgan fingerprint density at radius 3 is 2.93 bits per heavy atom. The molecule has 2 heteroatoms. The van der Waals surface area contributed by atoms with Gasteiger partial charge in [-0.15, -0.1) is 11.6 Å². The van der Waals surface area contributed by atoms with E-state index >= 15 is 0 Å². The predicted octanol–water partition coefficient (Wildman–Crippen LogP) is 4.05. The van der Waals surface area contributed by atoms with Crippen molar-refractivity contribution in [1.82, 2.24) is 4.98 Å². The molecule has 2 unspecified atom stereocenters. The van der Waals surface area contributed by atoms with Gasteiger partial charge < -0.3 is 0 Å². The van der Waals surface area contributed by atoms with Crippen molar-refractivity contribution in [2.75, 3.05) is 0 Å². The highest BCUT2D eigenvalue weighted by molar-refractivity contribution is 6.20. The van der Waals surface area contributed by atoms with Crippen molar-refractivity contribution in [2.45, 2.75) is 50.3 Å². The van der Waals surface area contributed by atoms with Gasteiger partial charge in [0.15, 0.2) is 0 Å². The van der Waals surface area contributed by atoms with Gasteiger partial charge in [0.1, 0.15) is 0 Å². The van der Waals surface area contributed by atoms with E-state index in [-0.39, 0.29) is 0 Å². The molecule has 1 aromatic rings. The van der Waals surface area contributed by atoms with E-state index in [0.29, 0.717) is 11.3 Å². The van der Waals surface area contributed by atoms with Crippen molar-refractivity contribution in [3.8, 4) is 0 Å². The van der Waals surface area contributed by atoms with Crippen LogP contribution in [0, 0.1) is 6.92 Å². The van der Waals surface area contributed by atoms with Crippen molar-refractivity contribution in [3.05, 3.63) is 29.6 Å². The summed E-state index contributed by atoms with van der Waals surface area (Å²) >= 11 is 6.30. The average Bonchev–Trinajstić information content (AvgIpc) is 2.43. The topological polar surface area (TPSA) is 12.9 Å². The number of rotatable bonds is 1. The molecule has 1 saturated carbocycles. The smallest absolute Gasteiger partial charge is 0.0341 e. The summed E-state index contributed by atoms with van der Waals surface area (Å²) in [6.07, 6.45) is 10.1.